The summed E-state index contributed by atoms with van der Waals surface area (Å²) in [6.45, 7) is 1.87. The van der Waals surface area contributed by atoms with Crippen LogP contribution in [0.25, 0.3) is 0 Å². The third kappa shape index (κ3) is 3.75. The van der Waals surface area contributed by atoms with Crippen LogP contribution in [0, 0.1) is 12.7 Å². The van der Waals surface area contributed by atoms with Crippen molar-refractivity contribution in [2.24, 2.45) is 0 Å². The first-order valence-electron chi connectivity index (χ1n) is 6.56. The highest BCUT2D eigenvalue weighted by atomic mass is 32.2. The third-order valence-electron chi connectivity index (χ3n) is 3.24. The first-order valence-corrected chi connectivity index (χ1v) is 8.04. The zero-order chi connectivity index (χ0) is 16.3. The number of halogens is 1. The Hall–Kier alpha value is -2.12. The lowest BCUT2D eigenvalue weighted by Gasteiger charge is -2.10. The van der Waals surface area contributed by atoms with Crippen LogP contribution >= 0.6 is 0 Å². The van der Waals surface area contributed by atoms with E-state index in [2.05, 4.69) is 4.72 Å². The Morgan fingerprint density at radius 3 is 2.32 bits per heavy atom. The highest BCUT2D eigenvalue weighted by Crippen LogP contribution is 2.28. The molecule has 0 spiro atoms. The predicted octanol–water partition coefficient (Wildman–Crippen LogP) is 2.07. The van der Waals surface area contributed by atoms with Crippen LogP contribution in [0.3, 0.4) is 0 Å². The van der Waals surface area contributed by atoms with Gasteiger partial charge in [-0.3, -0.25) is 0 Å². The van der Waals surface area contributed by atoms with Crippen molar-refractivity contribution in [3.63, 3.8) is 0 Å². The average molecular weight is 325 g/mol. The van der Waals surface area contributed by atoms with Gasteiger partial charge < -0.3 is 10.2 Å². The van der Waals surface area contributed by atoms with Crippen molar-refractivity contribution in [1.82, 2.24) is 4.72 Å². The fourth-order valence-corrected chi connectivity index (χ4v) is 3.04. The van der Waals surface area contributed by atoms with Crippen molar-refractivity contribution in [3.8, 4) is 11.5 Å². The van der Waals surface area contributed by atoms with Crippen molar-refractivity contribution in [2.75, 3.05) is 6.54 Å². The van der Waals surface area contributed by atoms with E-state index >= 15 is 0 Å². The number of nitrogens with one attached hydrogen (secondary N) is 1. The minimum absolute atomic E-state index is 0.0147. The van der Waals surface area contributed by atoms with Crippen molar-refractivity contribution in [3.05, 3.63) is 53.3 Å². The summed E-state index contributed by atoms with van der Waals surface area (Å²) in [5, 5.41) is 18.8. The molecule has 0 atom stereocenters. The number of hydrogen-bond acceptors (Lipinski definition) is 4. The number of phenolic OH excluding ortho intramolecular Hbond substituents is 2. The van der Waals surface area contributed by atoms with Gasteiger partial charge in [-0.15, -0.1) is 0 Å². The zero-order valence-corrected chi connectivity index (χ0v) is 12.7. The SMILES string of the molecule is Cc1cc(O)c(O)cc1CCNS(=O)(=O)c1ccc(F)cc1. The Labute approximate surface area is 128 Å². The minimum atomic E-state index is -3.71. The molecule has 0 heterocycles. The Morgan fingerprint density at radius 2 is 1.68 bits per heavy atom. The number of rotatable bonds is 5. The van der Waals surface area contributed by atoms with Crippen LogP contribution in [-0.4, -0.2) is 25.2 Å². The van der Waals surface area contributed by atoms with Gasteiger partial charge in [0.25, 0.3) is 0 Å². The van der Waals surface area contributed by atoms with Crippen LogP contribution in [0.2, 0.25) is 0 Å². The lowest BCUT2D eigenvalue weighted by molar-refractivity contribution is 0.402. The molecule has 0 aliphatic carbocycles. The number of sulfonamides is 1. The number of aryl methyl sites for hydroxylation is 1. The van der Waals surface area contributed by atoms with Gasteiger partial charge in [-0.1, -0.05) is 0 Å². The van der Waals surface area contributed by atoms with Gasteiger partial charge in [0.1, 0.15) is 5.82 Å². The van der Waals surface area contributed by atoms with E-state index in [0.29, 0.717) is 6.42 Å². The molecule has 2 rings (SSSR count). The maximum Gasteiger partial charge on any atom is 0.240 e. The first kappa shape index (κ1) is 16.3. The highest BCUT2D eigenvalue weighted by molar-refractivity contribution is 7.89. The molecule has 0 aliphatic heterocycles. The lowest BCUT2D eigenvalue weighted by atomic mass is 10.1. The quantitative estimate of drug-likeness (QED) is 0.735. The largest absolute Gasteiger partial charge is 0.504 e. The van der Waals surface area contributed by atoms with E-state index in [1.54, 1.807) is 6.92 Å². The monoisotopic (exact) mass is 325 g/mol. The van der Waals surface area contributed by atoms with Crippen molar-refractivity contribution in [2.45, 2.75) is 18.2 Å². The Morgan fingerprint density at radius 1 is 1.09 bits per heavy atom. The summed E-state index contributed by atoms with van der Waals surface area (Å²) in [6.07, 6.45) is 0.347. The van der Waals surface area contributed by atoms with Crippen LogP contribution in [0.5, 0.6) is 11.5 Å². The zero-order valence-electron chi connectivity index (χ0n) is 11.9. The smallest absolute Gasteiger partial charge is 0.240 e. The van der Waals surface area contributed by atoms with E-state index in [-0.39, 0.29) is 22.9 Å². The minimum Gasteiger partial charge on any atom is -0.504 e. The second-order valence-electron chi connectivity index (χ2n) is 4.87. The number of hydrogen-bond donors (Lipinski definition) is 3. The molecule has 0 radical (unpaired) electrons. The molecule has 2 aromatic rings. The van der Waals surface area contributed by atoms with E-state index in [9.17, 15) is 23.0 Å². The van der Waals surface area contributed by atoms with Gasteiger partial charge in [0.05, 0.1) is 4.90 Å². The van der Waals surface area contributed by atoms with E-state index in [1.165, 1.54) is 24.3 Å². The molecule has 0 aliphatic rings. The molecule has 118 valence electrons. The van der Waals surface area contributed by atoms with Crippen LogP contribution in [-0.2, 0) is 16.4 Å². The number of phenols is 2. The standard InChI is InChI=1S/C15H16FNO4S/c1-10-8-14(18)15(19)9-11(10)6-7-17-22(20,21)13-4-2-12(16)3-5-13/h2-5,8-9,17-19H,6-7H2,1H3. The van der Waals surface area contributed by atoms with Gasteiger partial charge in [0.15, 0.2) is 11.5 Å². The Balaban J connectivity index is 2.04. The van der Waals surface area contributed by atoms with Crippen molar-refractivity contribution >= 4 is 10.0 Å². The molecular weight excluding hydrogens is 309 g/mol. The summed E-state index contributed by atoms with van der Waals surface area (Å²) in [4.78, 5) is -0.0147. The molecule has 2 aromatic carbocycles. The van der Waals surface area contributed by atoms with Crippen LogP contribution in [0.15, 0.2) is 41.3 Å². The van der Waals surface area contributed by atoms with E-state index in [1.807, 2.05) is 0 Å². The van der Waals surface area contributed by atoms with Gasteiger partial charge in [0.2, 0.25) is 10.0 Å². The van der Waals surface area contributed by atoms with Gasteiger partial charge in [0, 0.05) is 6.54 Å². The molecule has 7 heteroatoms. The second-order valence-corrected chi connectivity index (χ2v) is 6.64. The maximum atomic E-state index is 12.8. The fraction of sp³-hybridized carbons (Fsp3) is 0.200. The van der Waals surface area contributed by atoms with Crippen molar-refractivity contribution in [1.29, 1.82) is 0 Å². The molecule has 0 fully saturated rings. The van der Waals surface area contributed by atoms with Crippen LogP contribution in [0.4, 0.5) is 4.39 Å². The Kier molecular flexibility index (Phi) is 4.68. The number of benzene rings is 2. The summed E-state index contributed by atoms with van der Waals surface area (Å²) in [5.74, 6) is -0.968. The molecule has 0 saturated carbocycles. The maximum absolute atomic E-state index is 12.8. The summed E-state index contributed by atoms with van der Waals surface area (Å²) in [6, 6.07) is 7.36. The topological polar surface area (TPSA) is 86.6 Å². The first-order chi connectivity index (χ1) is 10.3. The van der Waals surface area contributed by atoms with E-state index in [4.69, 9.17) is 0 Å². The molecule has 0 unspecified atom stereocenters. The second kappa shape index (κ2) is 6.33. The summed E-state index contributed by atoms with van der Waals surface area (Å²) < 4.78 is 39.2. The van der Waals surface area contributed by atoms with E-state index in [0.717, 1.165) is 23.3 Å². The lowest BCUT2D eigenvalue weighted by Crippen LogP contribution is -2.26. The molecule has 0 saturated heterocycles. The summed E-state index contributed by atoms with van der Waals surface area (Å²) >= 11 is 0. The van der Waals surface area contributed by atoms with Gasteiger partial charge in [-0.2, -0.15) is 0 Å². The molecular formula is C15H16FNO4S. The van der Waals surface area contributed by atoms with Crippen molar-refractivity contribution < 1.29 is 23.0 Å². The van der Waals surface area contributed by atoms with E-state index < -0.39 is 15.8 Å². The van der Waals surface area contributed by atoms with Gasteiger partial charge >= 0.3 is 0 Å². The molecule has 22 heavy (non-hydrogen) atoms. The van der Waals surface area contributed by atoms with Crippen LogP contribution < -0.4 is 4.72 Å². The Bertz CT molecular complexity index is 773. The van der Waals surface area contributed by atoms with Gasteiger partial charge in [-0.25, -0.2) is 17.5 Å². The molecule has 0 amide bonds. The molecule has 5 nitrogen and oxygen atoms in total. The molecule has 0 bridgehead atoms. The normalized spacial score (nSPS) is 11.5. The van der Waals surface area contributed by atoms with Gasteiger partial charge in [-0.05, 0) is 60.9 Å². The molecule has 3 N–H and O–H groups in total. The summed E-state index contributed by atoms with van der Waals surface area (Å²) in [7, 11) is -3.71. The fourth-order valence-electron chi connectivity index (χ4n) is 2.01. The summed E-state index contributed by atoms with van der Waals surface area (Å²) in [5.41, 5.74) is 1.47. The van der Waals surface area contributed by atoms with Crippen LogP contribution in [0.1, 0.15) is 11.1 Å². The number of aromatic hydroxyl groups is 2. The predicted molar refractivity (Wildman–Crippen MR) is 79.8 cm³/mol. The average Bonchev–Trinajstić information content (AvgIpc) is 2.44. The highest BCUT2D eigenvalue weighted by Gasteiger charge is 2.14. The molecule has 0 aromatic heterocycles. The third-order valence-corrected chi connectivity index (χ3v) is 4.72.